The van der Waals surface area contributed by atoms with Gasteiger partial charge in [-0.3, -0.25) is 10.1 Å². The molecule has 0 unspecified atom stereocenters. The third-order valence-corrected chi connectivity index (χ3v) is 3.99. The van der Waals surface area contributed by atoms with Crippen LogP contribution < -0.4 is 20.4 Å². The molecule has 1 amide bonds. The van der Waals surface area contributed by atoms with Gasteiger partial charge in [-0.25, -0.2) is 4.98 Å². The number of hydrogen-bond acceptors (Lipinski definition) is 3. The monoisotopic (exact) mass is 402 g/mol. The number of methoxy groups -OCH3 is 1. The summed E-state index contributed by atoms with van der Waals surface area (Å²) in [4.78, 5) is 14.4. The highest BCUT2D eigenvalue weighted by Crippen LogP contribution is 2.31. The second-order valence-electron chi connectivity index (χ2n) is 5.77. The Bertz CT molecular complexity index is 785. The van der Waals surface area contributed by atoms with E-state index in [9.17, 15) is 18.0 Å². The maximum absolute atomic E-state index is 12.6. The number of amides is 1. The molecule has 0 saturated heterocycles. The first-order chi connectivity index (χ1) is 12.8. The van der Waals surface area contributed by atoms with Crippen molar-refractivity contribution in [1.82, 2.24) is 5.32 Å². The van der Waals surface area contributed by atoms with Gasteiger partial charge in [-0.15, -0.1) is 0 Å². The number of nitrogens with one attached hydrogen (secondary N) is 3. The van der Waals surface area contributed by atoms with Crippen LogP contribution in [-0.4, -0.2) is 26.1 Å². The molecule has 5 nitrogen and oxygen atoms in total. The van der Waals surface area contributed by atoms with Crippen LogP contribution in [-0.2, 0) is 17.4 Å². The van der Waals surface area contributed by atoms with Gasteiger partial charge in [-0.2, -0.15) is 13.2 Å². The van der Waals surface area contributed by atoms with Crippen LogP contribution in [0.5, 0.6) is 5.75 Å². The Kier molecular flexibility index (Phi) is 7.29. The van der Waals surface area contributed by atoms with Crippen molar-refractivity contribution < 1.29 is 27.7 Å². The number of carbonyl (C=O) groups excluding carboxylic acids is 1. The standard InChI is InChI=1S/C18H19ClF3N3O2/c1-27-14-5-2-4-12(8-14)9-16(26)23-6-3-7-24-17-15(19)10-13(11-25-17)18(20,21)22/h2,4-5,8,10-11H,3,6-7,9H2,1H3,(H,23,26)(H,24,25)/p+1. The van der Waals surface area contributed by atoms with Crippen molar-refractivity contribution in [3.63, 3.8) is 0 Å². The van der Waals surface area contributed by atoms with Crippen LogP contribution in [0.2, 0.25) is 5.02 Å². The van der Waals surface area contributed by atoms with Crippen LogP contribution in [0, 0.1) is 0 Å². The molecular formula is C18H20ClF3N3O2+. The molecule has 0 aliphatic rings. The van der Waals surface area contributed by atoms with Crippen LogP contribution in [0.25, 0.3) is 0 Å². The quantitative estimate of drug-likeness (QED) is 0.666. The van der Waals surface area contributed by atoms with Crippen LogP contribution in [0.3, 0.4) is 0 Å². The summed E-state index contributed by atoms with van der Waals surface area (Å²) >= 11 is 5.84. The third kappa shape index (κ3) is 6.63. The fourth-order valence-electron chi connectivity index (χ4n) is 2.33. The molecule has 2 rings (SSSR count). The normalized spacial score (nSPS) is 11.1. The Balaban J connectivity index is 1.72. The number of anilines is 1. The molecule has 3 N–H and O–H groups in total. The summed E-state index contributed by atoms with van der Waals surface area (Å²) in [6.07, 6.45) is -2.78. The average Bonchev–Trinajstić information content (AvgIpc) is 2.62. The number of rotatable bonds is 8. The number of aromatic nitrogens is 1. The van der Waals surface area contributed by atoms with E-state index >= 15 is 0 Å². The van der Waals surface area contributed by atoms with E-state index in [4.69, 9.17) is 16.3 Å². The number of alkyl halides is 3. The fourth-order valence-corrected chi connectivity index (χ4v) is 2.57. The van der Waals surface area contributed by atoms with Crippen molar-refractivity contribution in [2.24, 2.45) is 0 Å². The van der Waals surface area contributed by atoms with Gasteiger partial charge in [0.1, 0.15) is 17.0 Å². The first kappa shape index (κ1) is 20.8. The highest BCUT2D eigenvalue weighted by molar-refractivity contribution is 6.32. The molecule has 0 atom stereocenters. The van der Waals surface area contributed by atoms with E-state index in [1.165, 1.54) is 0 Å². The maximum atomic E-state index is 12.6. The number of benzene rings is 1. The molecule has 0 fully saturated rings. The lowest BCUT2D eigenvalue weighted by Crippen LogP contribution is -2.27. The van der Waals surface area contributed by atoms with Crippen LogP contribution >= 0.6 is 11.6 Å². The van der Waals surface area contributed by atoms with Crippen LogP contribution in [0.4, 0.5) is 19.0 Å². The van der Waals surface area contributed by atoms with Gasteiger partial charge in [0, 0.05) is 13.0 Å². The molecule has 9 heteroatoms. The van der Waals surface area contributed by atoms with E-state index in [1.807, 2.05) is 12.1 Å². The SMILES string of the molecule is COc1cccc(CC(=O)NCCCNc2[nH+]cc(C(F)(F)F)cc2Cl)c1. The summed E-state index contributed by atoms with van der Waals surface area (Å²) in [6, 6.07) is 8.11. The Morgan fingerprint density at radius 2 is 2.04 bits per heavy atom. The number of H-pyrrole nitrogens is 1. The van der Waals surface area contributed by atoms with Gasteiger partial charge in [-0.05, 0) is 23.8 Å². The molecule has 0 aliphatic heterocycles. The van der Waals surface area contributed by atoms with Crippen LogP contribution in [0.1, 0.15) is 17.5 Å². The van der Waals surface area contributed by atoms with Gasteiger partial charge in [0.05, 0.1) is 25.6 Å². The lowest BCUT2D eigenvalue weighted by atomic mass is 10.1. The Morgan fingerprint density at radius 1 is 1.26 bits per heavy atom. The largest absolute Gasteiger partial charge is 0.497 e. The zero-order valence-corrected chi connectivity index (χ0v) is 15.4. The van der Waals surface area contributed by atoms with Crippen molar-refractivity contribution in [3.8, 4) is 5.75 Å². The number of halogens is 4. The van der Waals surface area contributed by atoms with Crippen molar-refractivity contribution in [2.75, 3.05) is 25.5 Å². The van der Waals surface area contributed by atoms with Gasteiger partial charge in [0.25, 0.3) is 5.82 Å². The van der Waals surface area contributed by atoms with Gasteiger partial charge in [0.2, 0.25) is 5.91 Å². The van der Waals surface area contributed by atoms with E-state index in [2.05, 4.69) is 15.6 Å². The molecule has 146 valence electrons. The van der Waals surface area contributed by atoms with Gasteiger partial charge in [-0.1, -0.05) is 23.7 Å². The maximum Gasteiger partial charge on any atom is 0.419 e. The molecule has 1 aromatic heterocycles. The highest BCUT2D eigenvalue weighted by Gasteiger charge is 2.32. The summed E-state index contributed by atoms with van der Waals surface area (Å²) < 4.78 is 42.9. The molecule has 0 spiro atoms. The van der Waals surface area contributed by atoms with Crippen molar-refractivity contribution in [1.29, 1.82) is 0 Å². The second kappa shape index (κ2) is 9.45. The number of pyridine rings is 1. The van der Waals surface area contributed by atoms with Crippen LogP contribution in [0.15, 0.2) is 36.5 Å². The van der Waals surface area contributed by atoms with E-state index in [1.54, 1.807) is 19.2 Å². The lowest BCUT2D eigenvalue weighted by molar-refractivity contribution is -0.364. The second-order valence-corrected chi connectivity index (χ2v) is 6.17. The minimum absolute atomic E-state index is 0.0492. The highest BCUT2D eigenvalue weighted by atomic mass is 35.5. The molecule has 1 aromatic carbocycles. The first-order valence-corrected chi connectivity index (χ1v) is 8.59. The number of aromatic amines is 1. The van der Waals surface area contributed by atoms with Crippen molar-refractivity contribution in [2.45, 2.75) is 19.0 Å². The minimum atomic E-state index is -4.45. The number of carbonyl (C=O) groups is 1. The molecule has 2 aromatic rings. The number of ether oxygens (including phenoxy) is 1. The number of hydrogen-bond donors (Lipinski definition) is 2. The van der Waals surface area contributed by atoms with Gasteiger partial charge < -0.3 is 10.1 Å². The Morgan fingerprint density at radius 3 is 2.70 bits per heavy atom. The Hall–Kier alpha value is -2.48. The predicted octanol–water partition coefficient (Wildman–Crippen LogP) is 3.34. The van der Waals surface area contributed by atoms with Crippen molar-refractivity contribution >= 4 is 23.3 Å². The smallest absolute Gasteiger partial charge is 0.419 e. The first-order valence-electron chi connectivity index (χ1n) is 8.21. The summed E-state index contributed by atoms with van der Waals surface area (Å²) in [5.74, 6) is 0.865. The predicted molar refractivity (Wildman–Crippen MR) is 95.8 cm³/mol. The summed E-state index contributed by atoms with van der Waals surface area (Å²) in [6.45, 7) is 0.856. The molecule has 0 radical (unpaired) electrons. The molecule has 0 bridgehead atoms. The van der Waals surface area contributed by atoms with E-state index in [0.29, 0.717) is 31.1 Å². The third-order valence-electron chi connectivity index (χ3n) is 3.70. The van der Waals surface area contributed by atoms with E-state index < -0.39 is 11.7 Å². The summed E-state index contributed by atoms with van der Waals surface area (Å²) in [5.41, 5.74) is -0.000956. The molecule has 1 heterocycles. The van der Waals surface area contributed by atoms with Gasteiger partial charge in [0.15, 0.2) is 0 Å². The minimum Gasteiger partial charge on any atom is -0.497 e. The zero-order valence-electron chi connectivity index (χ0n) is 14.6. The molecule has 0 saturated carbocycles. The molecule has 0 aliphatic carbocycles. The van der Waals surface area contributed by atoms with E-state index in [-0.39, 0.29) is 17.4 Å². The topological polar surface area (TPSA) is 64.5 Å². The Labute approximate surface area is 159 Å². The molecule has 27 heavy (non-hydrogen) atoms. The summed E-state index contributed by atoms with van der Waals surface area (Å²) in [5, 5.41) is 5.65. The summed E-state index contributed by atoms with van der Waals surface area (Å²) in [7, 11) is 1.56. The average molecular weight is 403 g/mol. The van der Waals surface area contributed by atoms with Gasteiger partial charge >= 0.3 is 6.18 Å². The van der Waals surface area contributed by atoms with Crippen molar-refractivity contribution in [3.05, 3.63) is 52.7 Å². The fraction of sp³-hybridized carbons (Fsp3) is 0.333. The van der Waals surface area contributed by atoms with E-state index in [0.717, 1.165) is 17.8 Å². The molecular weight excluding hydrogens is 383 g/mol. The zero-order chi connectivity index (χ0) is 19.9. The lowest BCUT2D eigenvalue weighted by Gasteiger charge is -2.08.